The van der Waals surface area contributed by atoms with Gasteiger partial charge in [-0.25, -0.2) is 0 Å². The molecule has 1 unspecified atom stereocenters. The number of nitro benzene ring substituents is 1. The highest BCUT2D eigenvalue weighted by Crippen LogP contribution is 2.28. The first-order chi connectivity index (χ1) is 8.04. The number of phenolic OH excluding ortho intramolecular Hbond substituents is 1. The van der Waals surface area contributed by atoms with Gasteiger partial charge in [-0.1, -0.05) is 20.3 Å². The maximum Gasteiger partial charge on any atom is 0.296 e. The third-order valence-corrected chi connectivity index (χ3v) is 2.60. The smallest absolute Gasteiger partial charge is 0.296 e. The standard InChI is InChI=1S/C12H18N2O3/c1-3-4-9(2)8-13-11-6-5-10(15)7-12(11)14(16)17/h5-7,9,13,15H,3-4,8H2,1-2H3. The molecule has 2 N–H and O–H groups in total. The Morgan fingerprint density at radius 3 is 2.82 bits per heavy atom. The molecule has 5 nitrogen and oxygen atoms in total. The predicted octanol–water partition coefficient (Wildman–Crippen LogP) is 3.15. The second-order valence-corrected chi connectivity index (χ2v) is 4.23. The molecule has 17 heavy (non-hydrogen) atoms. The summed E-state index contributed by atoms with van der Waals surface area (Å²) in [5.41, 5.74) is 0.365. The Morgan fingerprint density at radius 2 is 2.24 bits per heavy atom. The van der Waals surface area contributed by atoms with E-state index in [1.807, 2.05) is 0 Å². The number of hydrogen-bond acceptors (Lipinski definition) is 4. The van der Waals surface area contributed by atoms with Crippen molar-refractivity contribution in [2.75, 3.05) is 11.9 Å². The molecule has 0 saturated carbocycles. The molecular formula is C12H18N2O3. The van der Waals surface area contributed by atoms with Crippen LogP contribution in [0.15, 0.2) is 18.2 Å². The molecule has 1 atom stereocenters. The SMILES string of the molecule is CCCC(C)CNc1ccc(O)cc1[N+](=O)[O-]. The Labute approximate surface area is 101 Å². The Kier molecular flexibility index (Phi) is 4.75. The Bertz CT molecular complexity index is 393. The normalized spacial score (nSPS) is 12.1. The summed E-state index contributed by atoms with van der Waals surface area (Å²) in [6.07, 6.45) is 2.18. The van der Waals surface area contributed by atoms with Crippen LogP contribution in [0.5, 0.6) is 5.75 Å². The fourth-order valence-corrected chi connectivity index (χ4v) is 1.70. The van der Waals surface area contributed by atoms with Gasteiger partial charge in [-0.15, -0.1) is 0 Å². The molecule has 94 valence electrons. The minimum atomic E-state index is -0.494. The lowest BCUT2D eigenvalue weighted by molar-refractivity contribution is -0.384. The monoisotopic (exact) mass is 238 g/mol. The first kappa shape index (κ1) is 13.3. The second kappa shape index (κ2) is 6.08. The summed E-state index contributed by atoms with van der Waals surface area (Å²) in [6, 6.07) is 4.14. The lowest BCUT2D eigenvalue weighted by Crippen LogP contribution is -2.12. The molecule has 0 fully saturated rings. The van der Waals surface area contributed by atoms with Crippen molar-refractivity contribution in [1.29, 1.82) is 0 Å². The topological polar surface area (TPSA) is 75.4 Å². The quantitative estimate of drug-likeness (QED) is 0.453. The van der Waals surface area contributed by atoms with E-state index in [9.17, 15) is 15.2 Å². The van der Waals surface area contributed by atoms with E-state index in [4.69, 9.17) is 0 Å². The minimum absolute atomic E-state index is 0.0892. The van der Waals surface area contributed by atoms with Crippen LogP contribution in [0.25, 0.3) is 0 Å². The maximum absolute atomic E-state index is 10.8. The van der Waals surface area contributed by atoms with E-state index in [-0.39, 0.29) is 11.4 Å². The number of benzene rings is 1. The van der Waals surface area contributed by atoms with Crippen LogP contribution < -0.4 is 5.32 Å². The molecule has 1 aromatic rings. The van der Waals surface area contributed by atoms with Crippen LogP contribution in [0.2, 0.25) is 0 Å². The van der Waals surface area contributed by atoms with Crippen molar-refractivity contribution in [1.82, 2.24) is 0 Å². The number of aromatic hydroxyl groups is 1. The largest absolute Gasteiger partial charge is 0.508 e. The first-order valence-electron chi connectivity index (χ1n) is 5.75. The molecular weight excluding hydrogens is 220 g/mol. The lowest BCUT2D eigenvalue weighted by Gasteiger charge is -2.12. The lowest BCUT2D eigenvalue weighted by atomic mass is 10.1. The van der Waals surface area contributed by atoms with Gasteiger partial charge in [-0.3, -0.25) is 10.1 Å². The molecule has 0 bridgehead atoms. The molecule has 1 aromatic carbocycles. The number of phenols is 1. The predicted molar refractivity (Wildman–Crippen MR) is 67.3 cm³/mol. The van der Waals surface area contributed by atoms with Crippen molar-refractivity contribution in [3.63, 3.8) is 0 Å². The van der Waals surface area contributed by atoms with Gasteiger partial charge in [0.15, 0.2) is 0 Å². The van der Waals surface area contributed by atoms with E-state index in [1.54, 1.807) is 0 Å². The zero-order valence-corrected chi connectivity index (χ0v) is 10.1. The Balaban J connectivity index is 2.73. The molecule has 0 aromatic heterocycles. The van der Waals surface area contributed by atoms with Crippen molar-refractivity contribution in [2.24, 2.45) is 5.92 Å². The number of rotatable bonds is 6. The molecule has 0 spiro atoms. The summed E-state index contributed by atoms with van der Waals surface area (Å²) in [4.78, 5) is 10.3. The third kappa shape index (κ3) is 3.94. The van der Waals surface area contributed by atoms with Gasteiger partial charge in [0.1, 0.15) is 11.4 Å². The maximum atomic E-state index is 10.8. The molecule has 5 heteroatoms. The summed E-state index contributed by atoms with van der Waals surface area (Å²) in [5.74, 6) is 0.372. The summed E-state index contributed by atoms with van der Waals surface area (Å²) < 4.78 is 0. The number of nitro groups is 1. The van der Waals surface area contributed by atoms with Crippen molar-refractivity contribution < 1.29 is 10.0 Å². The number of nitrogens with zero attached hydrogens (tertiary/aromatic N) is 1. The summed E-state index contributed by atoms with van der Waals surface area (Å²) in [5, 5.41) is 23.1. The highest BCUT2D eigenvalue weighted by atomic mass is 16.6. The molecule has 0 aliphatic rings. The summed E-state index contributed by atoms with van der Waals surface area (Å²) in [6.45, 7) is 4.90. The van der Waals surface area contributed by atoms with Crippen LogP contribution >= 0.6 is 0 Å². The van der Waals surface area contributed by atoms with Crippen molar-refractivity contribution >= 4 is 11.4 Å². The summed E-state index contributed by atoms with van der Waals surface area (Å²) in [7, 11) is 0. The van der Waals surface area contributed by atoms with Gasteiger partial charge >= 0.3 is 0 Å². The van der Waals surface area contributed by atoms with Crippen LogP contribution in [0, 0.1) is 16.0 Å². The van der Waals surface area contributed by atoms with E-state index in [2.05, 4.69) is 19.2 Å². The van der Waals surface area contributed by atoms with Gasteiger partial charge in [-0.05, 0) is 24.5 Å². The van der Waals surface area contributed by atoms with Crippen LogP contribution in [0.1, 0.15) is 26.7 Å². The third-order valence-electron chi connectivity index (χ3n) is 2.60. The van der Waals surface area contributed by atoms with Gasteiger partial charge < -0.3 is 10.4 Å². The average molecular weight is 238 g/mol. The van der Waals surface area contributed by atoms with Crippen molar-refractivity contribution in [3.05, 3.63) is 28.3 Å². The van der Waals surface area contributed by atoms with Gasteiger partial charge in [0.05, 0.1) is 11.0 Å². The molecule has 0 aliphatic heterocycles. The molecule has 0 amide bonds. The highest BCUT2D eigenvalue weighted by Gasteiger charge is 2.14. The second-order valence-electron chi connectivity index (χ2n) is 4.23. The fourth-order valence-electron chi connectivity index (χ4n) is 1.70. The van der Waals surface area contributed by atoms with E-state index in [1.165, 1.54) is 12.1 Å². The van der Waals surface area contributed by atoms with Crippen LogP contribution in [0.4, 0.5) is 11.4 Å². The average Bonchev–Trinajstić information content (AvgIpc) is 2.27. The summed E-state index contributed by atoms with van der Waals surface area (Å²) >= 11 is 0. The van der Waals surface area contributed by atoms with E-state index >= 15 is 0 Å². The Hall–Kier alpha value is -1.78. The Morgan fingerprint density at radius 1 is 1.53 bits per heavy atom. The van der Waals surface area contributed by atoms with Gasteiger partial charge in [0.2, 0.25) is 0 Å². The molecule has 0 heterocycles. The molecule has 0 aliphatic carbocycles. The molecule has 0 radical (unpaired) electrons. The van der Waals surface area contributed by atoms with Crippen molar-refractivity contribution in [3.8, 4) is 5.75 Å². The molecule has 0 saturated heterocycles. The number of anilines is 1. The van der Waals surface area contributed by atoms with Gasteiger partial charge in [0, 0.05) is 6.54 Å². The number of hydrogen-bond donors (Lipinski definition) is 2. The van der Waals surface area contributed by atoms with Crippen LogP contribution in [0.3, 0.4) is 0 Å². The van der Waals surface area contributed by atoms with Gasteiger partial charge in [0.25, 0.3) is 5.69 Å². The van der Waals surface area contributed by atoms with Crippen LogP contribution in [-0.4, -0.2) is 16.6 Å². The van der Waals surface area contributed by atoms with E-state index in [0.717, 1.165) is 18.9 Å². The van der Waals surface area contributed by atoms with Crippen LogP contribution in [-0.2, 0) is 0 Å². The van der Waals surface area contributed by atoms with Gasteiger partial charge in [-0.2, -0.15) is 0 Å². The highest BCUT2D eigenvalue weighted by molar-refractivity contribution is 5.63. The zero-order valence-electron chi connectivity index (χ0n) is 10.1. The first-order valence-corrected chi connectivity index (χ1v) is 5.75. The van der Waals surface area contributed by atoms with E-state index in [0.29, 0.717) is 18.2 Å². The zero-order chi connectivity index (χ0) is 12.8. The number of nitrogens with one attached hydrogen (secondary N) is 1. The van der Waals surface area contributed by atoms with E-state index < -0.39 is 4.92 Å². The fraction of sp³-hybridized carbons (Fsp3) is 0.500. The minimum Gasteiger partial charge on any atom is -0.508 e. The molecule has 1 rings (SSSR count). The van der Waals surface area contributed by atoms with Crippen molar-refractivity contribution in [2.45, 2.75) is 26.7 Å².